The van der Waals surface area contributed by atoms with Gasteiger partial charge in [0.2, 0.25) is 0 Å². The summed E-state index contributed by atoms with van der Waals surface area (Å²) in [5.74, 6) is 3.00. The Kier molecular flexibility index (Phi) is 7.41. The minimum Gasteiger partial charge on any atom is -0.507 e. The summed E-state index contributed by atoms with van der Waals surface area (Å²) < 4.78 is 45.0. The summed E-state index contributed by atoms with van der Waals surface area (Å²) in [6, 6.07) is 17.5. The number of nitrogens with zero attached hydrogens (tertiary/aromatic N) is 2. The summed E-state index contributed by atoms with van der Waals surface area (Å²) in [5, 5.41) is 18.2. The van der Waals surface area contributed by atoms with Crippen molar-refractivity contribution in [2.24, 2.45) is 0 Å². The van der Waals surface area contributed by atoms with Crippen molar-refractivity contribution in [1.82, 2.24) is 19.8 Å². The lowest BCUT2D eigenvalue weighted by atomic mass is 9.95. The summed E-state index contributed by atoms with van der Waals surface area (Å²) >= 11 is 0. The fourth-order valence-corrected chi connectivity index (χ4v) is 5.52. The Bertz CT molecular complexity index is 1700. The number of halogens is 2. The molecule has 0 spiro atoms. The molecule has 39 heavy (non-hydrogen) atoms. The first-order chi connectivity index (χ1) is 18.7. The number of phenols is 1. The number of aromatic hydroxyl groups is 1. The van der Waals surface area contributed by atoms with Crippen molar-refractivity contribution >= 4 is 40.3 Å². The van der Waals surface area contributed by atoms with Gasteiger partial charge in [-0.15, -0.1) is 0 Å². The van der Waals surface area contributed by atoms with Crippen molar-refractivity contribution in [1.29, 1.82) is 0 Å². The standard InChI is InChI=1S/C29H25BF2N4O2S/c1-39(38,28-15-22(31)11-12-25(28)32)35-17-20-8-6-19(7-9-20)16-33-29-14-21(23-4-2-3-5-27(23)37)10-13-26-24(30)18-34-36(26)29/h2-12,14-15,18,33,37H,1,13,16-17H2,(H,35,38). The molecule has 6 nitrogen and oxygen atoms in total. The maximum Gasteiger partial charge on any atom is 0.140 e. The second-order valence-corrected chi connectivity index (χ2v) is 11.2. The molecule has 1 aliphatic rings. The summed E-state index contributed by atoms with van der Waals surface area (Å²) in [6.45, 7) is 0.620. The van der Waals surface area contributed by atoms with Crippen LogP contribution in [0.1, 0.15) is 22.4 Å². The summed E-state index contributed by atoms with van der Waals surface area (Å²) in [6.07, 6.45) is 6.09. The van der Waals surface area contributed by atoms with Crippen molar-refractivity contribution in [3.05, 3.63) is 119 Å². The van der Waals surface area contributed by atoms with Crippen LogP contribution in [0.3, 0.4) is 0 Å². The molecule has 0 aliphatic carbocycles. The molecule has 0 saturated heterocycles. The molecule has 2 radical (unpaired) electrons. The quantitative estimate of drug-likeness (QED) is 0.235. The zero-order valence-corrected chi connectivity index (χ0v) is 21.7. The second kappa shape index (κ2) is 10.9. The lowest BCUT2D eigenvalue weighted by molar-refractivity contribution is 0.473. The van der Waals surface area contributed by atoms with Gasteiger partial charge in [0.25, 0.3) is 0 Å². The molecule has 1 aliphatic heterocycles. The van der Waals surface area contributed by atoms with E-state index >= 15 is 0 Å². The number of allylic oxidation sites excluding steroid dienone is 3. The number of hydrogen-bond acceptors (Lipinski definition) is 4. The van der Waals surface area contributed by atoms with E-state index in [1.54, 1.807) is 23.0 Å². The number of aromatic nitrogens is 2. The third kappa shape index (κ3) is 5.82. The van der Waals surface area contributed by atoms with Gasteiger partial charge in [0, 0.05) is 37.0 Å². The van der Waals surface area contributed by atoms with E-state index in [0.717, 1.165) is 40.6 Å². The normalized spacial score (nSPS) is 14.5. The van der Waals surface area contributed by atoms with Crippen LogP contribution in [0.4, 0.5) is 8.78 Å². The van der Waals surface area contributed by atoms with E-state index < -0.39 is 21.3 Å². The lowest BCUT2D eigenvalue weighted by Gasteiger charge is -2.15. The Hall–Kier alpha value is -4.15. The Morgan fingerprint density at radius 2 is 1.77 bits per heavy atom. The van der Waals surface area contributed by atoms with E-state index in [-0.39, 0.29) is 17.2 Å². The lowest BCUT2D eigenvalue weighted by Crippen LogP contribution is -2.24. The van der Waals surface area contributed by atoms with Crippen molar-refractivity contribution in [2.75, 3.05) is 0 Å². The Morgan fingerprint density at radius 1 is 1.05 bits per heavy atom. The van der Waals surface area contributed by atoms with Crippen LogP contribution in [0.5, 0.6) is 5.75 Å². The van der Waals surface area contributed by atoms with Gasteiger partial charge in [-0.1, -0.05) is 54.0 Å². The smallest absolute Gasteiger partial charge is 0.140 e. The highest BCUT2D eigenvalue weighted by Gasteiger charge is 2.17. The van der Waals surface area contributed by atoms with Gasteiger partial charge in [-0.3, -0.25) is 0 Å². The molecule has 2 heterocycles. The van der Waals surface area contributed by atoms with Gasteiger partial charge in [-0.05, 0) is 52.9 Å². The van der Waals surface area contributed by atoms with E-state index in [2.05, 4.69) is 21.0 Å². The van der Waals surface area contributed by atoms with Crippen molar-refractivity contribution < 1.29 is 18.1 Å². The van der Waals surface area contributed by atoms with E-state index in [9.17, 15) is 18.1 Å². The topological polar surface area (TPSA) is 79.2 Å². The van der Waals surface area contributed by atoms with Crippen LogP contribution < -0.4 is 15.5 Å². The maximum absolute atomic E-state index is 14.1. The van der Waals surface area contributed by atoms with Crippen LogP contribution in [-0.2, 0) is 29.2 Å². The number of phenolic OH excluding ortho intramolecular Hbond substituents is 1. The average Bonchev–Trinajstić information content (AvgIpc) is 3.18. The number of nitrogens with one attached hydrogen (secondary N) is 2. The van der Waals surface area contributed by atoms with E-state index in [4.69, 9.17) is 7.85 Å². The molecule has 4 aromatic rings. The number of benzene rings is 3. The van der Waals surface area contributed by atoms with Crippen molar-refractivity contribution in [3.8, 4) is 5.75 Å². The molecule has 0 bridgehead atoms. The third-order valence-electron chi connectivity index (χ3n) is 6.41. The minimum atomic E-state index is -3.24. The van der Waals surface area contributed by atoms with Gasteiger partial charge in [0.05, 0.1) is 14.6 Å². The Balaban J connectivity index is 1.29. The van der Waals surface area contributed by atoms with E-state index in [0.29, 0.717) is 29.8 Å². The molecular formula is C29H25BF2N4O2S. The van der Waals surface area contributed by atoms with Crippen LogP contribution in [0.15, 0.2) is 90.0 Å². The molecule has 5 rings (SSSR count). The summed E-state index contributed by atoms with van der Waals surface area (Å²) in [5.41, 5.74) is 4.73. The van der Waals surface area contributed by atoms with Gasteiger partial charge in [-0.25, -0.2) is 22.4 Å². The predicted octanol–water partition coefficient (Wildman–Crippen LogP) is 3.67. The largest absolute Gasteiger partial charge is 0.507 e. The highest BCUT2D eigenvalue weighted by Crippen LogP contribution is 2.29. The Labute approximate surface area is 227 Å². The molecule has 10 heteroatoms. The molecule has 0 saturated carbocycles. The predicted molar refractivity (Wildman–Crippen MR) is 152 cm³/mol. The first-order valence-corrected chi connectivity index (χ1v) is 13.9. The number of fused-ring (bicyclic) bond motifs is 1. The molecule has 3 N–H and O–H groups in total. The van der Waals surface area contributed by atoms with E-state index in [1.165, 1.54) is 0 Å². The van der Waals surface area contributed by atoms with Crippen LogP contribution in [-0.4, -0.2) is 32.8 Å². The van der Waals surface area contributed by atoms with Crippen molar-refractivity contribution in [3.63, 3.8) is 0 Å². The molecule has 1 aromatic heterocycles. The molecule has 3 aromatic carbocycles. The Morgan fingerprint density at radius 3 is 2.51 bits per heavy atom. The summed E-state index contributed by atoms with van der Waals surface area (Å²) in [7, 11) is 2.92. The van der Waals surface area contributed by atoms with Gasteiger partial charge >= 0.3 is 0 Å². The molecule has 196 valence electrons. The summed E-state index contributed by atoms with van der Waals surface area (Å²) in [4.78, 5) is -0.295. The zero-order valence-electron chi connectivity index (χ0n) is 20.9. The van der Waals surface area contributed by atoms with Gasteiger partial charge in [0.15, 0.2) is 0 Å². The molecular weight excluding hydrogens is 517 g/mol. The van der Waals surface area contributed by atoms with Crippen LogP contribution in [0.25, 0.3) is 11.4 Å². The zero-order chi connectivity index (χ0) is 27.6. The number of hydrogen-bond donors (Lipinski definition) is 3. The van der Waals surface area contributed by atoms with E-state index in [1.807, 2.05) is 48.6 Å². The van der Waals surface area contributed by atoms with Gasteiger partial charge in [0.1, 0.15) is 31.1 Å². The van der Waals surface area contributed by atoms with Crippen LogP contribution >= 0.6 is 0 Å². The number of rotatable bonds is 8. The fraction of sp³-hybridized carbons (Fsp3) is 0.103. The molecule has 1 unspecified atom stereocenters. The molecule has 0 fully saturated rings. The molecule has 1 atom stereocenters. The van der Waals surface area contributed by atoms with Crippen LogP contribution in [0.2, 0.25) is 0 Å². The highest BCUT2D eigenvalue weighted by atomic mass is 32.2. The van der Waals surface area contributed by atoms with Gasteiger partial charge < -0.3 is 10.4 Å². The highest BCUT2D eigenvalue weighted by molar-refractivity contribution is 7.98. The monoisotopic (exact) mass is 542 g/mol. The SMILES string of the molecule is [B]c1cnn2c1CC=C(c1ccccc1O)C=C2NCc1ccc(CNS(=C)(=O)c2cc(F)ccc2F)cc1. The van der Waals surface area contributed by atoms with Gasteiger partial charge in [-0.2, -0.15) is 5.10 Å². The first-order valence-electron chi connectivity index (χ1n) is 12.1. The second-order valence-electron chi connectivity index (χ2n) is 9.11. The first kappa shape index (κ1) is 26.5. The van der Waals surface area contributed by atoms with Crippen molar-refractivity contribution in [2.45, 2.75) is 24.4 Å². The number of para-hydroxylation sites is 1. The minimum absolute atomic E-state index is 0.155. The maximum atomic E-state index is 14.1. The third-order valence-corrected chi connectivity index (χ3v) is 8.04. The fourth-order valence-electron chi connectivity index (χ4n) is 4.28. The van der Waals surface area contributed by atoms with Crippen LogP contribution in [0, 0.1) is 11.6 Å². The molecule has 0 amide bonds. The average molecular weight is 542 g/mol.